The Morgan fingerprint density at radius 3 is 2.85 bits per heavy atom. The van der Waals surface area contributed by atoms with Gasteiger partial charge in [0.25, 0.3) is 0 Å². The highest BCUT2D eigenvalue weighted by Crippen LogP contribution is 2.33. The van der Waals surface area contributed by atoms with Crippen molar-refractivity contribution in [3.8, 4) is 0 Å². The average molecular weight is 183 g/mol. The molecule has 0 radical (unpaired) electrons. The molecule has 1 unspecified atom stereocenters. The number of hydrogen-bond donors (Lipinski definition) is 1. The molecule has 1 aliphatic heterocycles. The van der Waals surface area contributed by atoms with Gasteiger partial charge in [0.05, 0.1) is 0 Å². The fourth-order valence-corrected chi connectivity index (χ4v) is 2.35. The molecule has 1 saturated heterocycles. The summed E-state index contributed by atoms with van der Waals surface area (Å²) in [4.78, 5) is 11.6. The van der Waals surface area contributed by atoms with E-state index in [-0.39, 0.29) is 11.5 Å². The average Bonchev–Trinajstić information content (AvgIpc) is 2.60. The van der Waals surface area contributed by atoms with Crippen molar-refractivity contribution in [1.82, 2.24) is 5.32 Å². The zero-order valence-corrected chi connectivity index (χ0v) is 8.14. The van der Waals surface area contributed by atoms with E-state index in [4.69, 9.17) is 4.74 Å². The molecule has 0 amide bonds. The summed E-state index contributed by atoms with van der Waals surface area (Å²) in [5.74, 6) is -0.0188. The largest absolute Gasteiger partial charge is 0.463 e. The summed E-state index contributed by atoms with van der Waals surface area (Å²) >= 11 is 0. The van der Waals surface area contributed by atoms with Crippen LogP contribution in [0.5, 0.6) is 0 Å². The standard InChI is InChI=1S/C10H17NO2/c1-2-8-7-13-9(12)10(11-8)5-3-4-6-10/h8,11H,2-7H2,1H3. The number of carbonyl (C=O) groups excluding carboxylic acids is 1. The van der Waals surface area contributed by atoms with Gasteiger partial charge in [0, 0.05) is 6.04 Å². The SMILES string of the molecule is CCC1COC(=O)C2(CCCC2)N1. The Hall–Kier alpha value is -0.570. The Labute approximate surface area is 78.8 Å². The van der Waals surface area contributed by atoms with Crippen LogP contribution >= 0.6 is 0 Å². The summed E-state index contributed by atoms with van der Waals surface area (Å²) in [7, 11) is 0. The molecule has 2 aliphatic rings. The summed E-state index contributed by atoms with van der Waals surface area (Å²) in [6.45, 7) is 2.68. The van der Waals surface area contributed by atoms with Crippen LogP contribution in [0.1, 0.15) is 39.0 Å². The normalized spacial score (nSPS) is 32.1. The van der Waals surface area contributed by atoms with Gasteiger partial charge in [0.2, 0.25) is 0 Å². The van der Waals surface area contributed by atoms with Gasteiger partial charge in [-0.25, -0.2) is 0 Å². The Morgan fingerprint density at radius 2 is 2.23 bits per heavy atom. The van der Waals surface area contributed by atoms with Crippen LogP contribution in [0.4, 0.5) is 0 Å². The second-order valence-corrected chi connectivity index (χ2v) is 4.14. The topological polar surface area (TPSA) is 38.3 Å². The molecule has 0 aromatic carbocycles. The first kappa shape index (κ1) is 9.00. The Kier molecular flexibility index (Phi) is 2.28. The van der Waals surface area contributed by atoms with Crippen molar-refractivity contribution < 1.29 is 9.53 Å². The number of nitrogens with one attached hydrogen (secondary N) is 1. The molecule has 3 heteroatoms. The molecular weight excluding hydrogens is 166 g/mol. The van der Waals surface area contributed by atoms with E-state index >= 15 is 0 Å². The molecule has 0 aromatic rings. The smallest absolute Gasteiger partial charge is 0.326 e. The highest BCUT2D eigenvalue weighted by molar-refractivity contribution is 5.82. The van der Waals surface area contributed by atoms with Crippen LogP contribution in [-0.4, -0.2) is 24.2 Å². The van der Waals surface area contributed by atoms with Crippen LogP contribution in [0.3, 0.4) is 0 Å². The van der Waals surface area contributed by atoms with Gasteiger partial charge in [0.1, 0.15) is 12.1 Å². The fourth-order valence-electron chi connectivity index (χ4n) is 2.35. The van der Waals surface area contributed by atoms with Crippen molar-refractivity contribution in [2.75, 3.05) is 6.61 Å². The molecule has 74 valence electrons. The fraction of sp³-hybridized carbons (Fsp3) is 0.900. The van der Waals surface area contributed by atoms with Crippen LogP contribution in [0.15, 0.2) is 0 Å². The first-order valence-corrected chi connectivity index (χ1v) is 5.22. The zero-order chi connectivity index (χ0) is 9.31. The maximum Gasteiger partial charge on any atom is 0.326 e. The lowest BCUT2D eigenvalue weighted by Crippen LogP contribution is -2.60. The summed E-state index contributed by atoms with van der Waals surface area (Å²) in [5.41, 5.74) is -0.307. The molecule has 1 spiro atoms. The molecule has 1 atom stereocenters. The van der Waals surface area contributed by atoms with Crippen LogP contribution in [0.25, 0.3) is 0 Å². The lowest BCUT2D eigenvalue weighted by atomic mass is 9.94. The number of esters is 1. The van der Waals surface area contributed by atoms with Gasteiger partial charge in [-0.3, -0.25) is 10.1 Å². The van der Waals surface area contributed by atoms with Gasteiger partial charge in [-0.2, -0.15) is 0 Å². The molecule has 1 heterocycles. The molecule has 1 aliphatic carbocycles. The van der Waals surface area contributed by atoms with Crippen molar-refractivity contribution in [1.29, 1.82) is 0 Å². The van der Waals surface area contributed by atoms with Crippen molar-refractivity contribution in [2.45, 2.75) is 50.6 Å². The molecule has 2 fully saturated rings. The molecular formula is C10H17NO2. The molecule has 3 nitrogen and oxygen atoms in total. The summed E-state index contributed by atoms with van der Waals surface area (Å²) in [6.07, 6.45) is 5.26. The van der Waals surface area contributed by atoms with Crippen molar-refractivity contribution in [3.05, 3.63) is 0 Å². The van der Waals surface area contributed by atoms with E-state index in [0.717, 1.165) is 32.1 Å². The van der Waals surface area contributed by atoms with E-state index in [1.807, 2.05) is 0 Å². The molecule has 2 rings (SSSR count). The predicted octanol–water partition coefficient (Wildman–Crippen LogP) is 1.22. The Morgan fingerprint density at radius 1 is 1.54 bits per heavy atom. The lowest BCUT2D eigenvalue weighted by molar-refractivity contribution is -0.158. The van der Waals surface area contributed by atoms with Crippen LogP contribution < -0.4 is 5.32 Å². The minimum absolute atomic E-state index is 0.0188. The van der Waals surface area contributed by atoms with Gasteiger partial charge < -0.3 is 4.74 Å². The number of morpholine rings is 1. The van der Waals surface area contributed by atoms with Gasteiger partial charge in [0.15, 0.2) is 0 Å². The molecule has 1 saturated carbocycles. The molecule has 1 N–H and O–H groups in total. The number of cyclic esters (lactones) is 1. The summed E-state index contributed by atoms with van der Waals surface area (Å²) in [5, 5.41) is 3.45. The van der Waals surface area contributed by atoms with Crippen molar-refractivity contribution >= 4 is 5.97 Å². The monoisotopic (exact) mass is 183 g/mol. The van der Waals surface area contributed by atoms with Crippen LogP contribution in [0, 0.1) is 0 Å². The van der Waals surface area contributed by atoms with Crippen molar-refractivity contribution in [3.63, 3.8) is 0 Å². The van der Waals surface area contributed by atoms with E-state index in [9.17, 15) is 4.79 Å². The molecule has 13 heavy (non-hydrogen) atoms. The van der Waals surface area contributed by atoms with E-state index in [2.05, 4.69) is 12.2 Å². The highest BCUT2D eigenvalue weighted by Gasteiger charge is 2.46. The first-order chi connectivity index (χ1) is 6.27. The molecule has 0 aromatic heterocycles. The number of carbonyl (C=O) groups is 1. The third-order valence-corrected chi connectivity index (χ3v) is 3.24. The van der Waals surface area contributed by atoms with E-state index in [1.54, 1.807) is 0 Å². The second kappa shape index (κ2) is 3.29. The number of hydrogen-bond acceptors (Lipinski definition) is 3. The minimum atomic E-state index is -0.307. The number of ether oxygens (including phenoxy) is 1. The maximum absolute atomic E-state index is 11.6. The summed E-state index contributed by atoms with van der Waals surface area (Å²) < 4.78 is 5.22. The highest BCUT2D eigenvalue weighted by atomic mass is 16.5. The Balaban J connectivity index is 2.10. The summed E-state index contributed by atoms with van der Waals surface area (Å²) in [6, 6.07) is 0.371. The minimum Gasteiger partial charge on any atom is -0.463 e. The third-order valence-electron chi connectivity index (χ3n) is 3.24. The number of rotatable bonds is 1. The zero-order valence-electron chi connectivity index (χ0n) is 8.14. The van der Waals surface area contributed by atoms with Crippen molar-refractivity contribution in [2.24, 2.45) is 0 Å². The predicted molar refractivity (Wildman–Crippen MR) is 49.4 cm³/mol. The first-order valence-electron chi connectivity index (χ1n) is 5.22. The molecule has 0 bridgehead atoms. The van der Waals surface area contributed by atoms with Crippen LogP contribution in [0.2, 0.25) is 0 Å². The van der Waals surface area contributed by atoms with Crippen LogP contribution in [-0.2, 0) is 9.53 Å². The maximum atomic E-state index is 11.6. The van der Waals surface area contributed by atoms with Gasteiger partial charge in [-0.05, 0) is 19.3 Å². The van der Waals surface area contributed by atoms with E-state index in [1.165, 1.54) is 0 Å². The van der Waals surface area contributed by atoms with E-state index in [0.29, 0.717) is 12.6 Å². The third kappa shape index (κ3) is 1.46. The lowest BCUT2D eigenvalue weighted by Gasteiger charge is -2.37. The van der Waals surface area contributed by atoms with Gasteiger partial charge >= 0.3 is 5.97 Å². The quantitative estimate of drug-likeness (QED) is 0.621. The van der Waals surface area contributed by atoms with E-state index < -0.39 is 0 Å². The van der Waals surface area contributed by atoms with Gasteiger partial charge in [-0.1, -0.05) is 19.8 Å². The second-order valence-electron chi connectivity index (χ2n) is 4.14. The Bertz CT molecular complexity index is 209. The van der Waals surface area contributed by atoms with Gasteiger partial charge in [-0.15, -0.1) is 0 Å².